The summed E-state index contributed by atoms with van der Waals surface area (Å²) in [5, 5.41) is 9.08. The Morgan fingerprint density at radius 2 is 1.89 bits per heavy atom. The number of hydrogen-bond acceptors (Lipinski definition) is 3. The van der Waals surface area contributed by atoms with Crippen molar-refractivity contribution in [3.63, 3.8) is 0 Å². The highest BCUT2D eigenvalue weighted by molar-refractivity contribution is 7.87. The number of nitrogens with one attached hydrogen (secondary N) is 1. The molecule has 0 aliphatic heterocycles. The summed E-state index contributed by atoms with van der Waals surface area (Å²) in [4.78, 5) is 11.1. The van der Waals surface area contributed by atoms with E-state index in [4.69, 9.17) is 5.11 Å². The lowest BCUT2D eigenvalue weighted by Crippen LogP contribution is -2.52. The van der Waals surface area contributed by atoms with Crippen LogP contribution < -0.4 is 4.72 Å². The average molecular weight is 280 g/mol. The summed E-state index contributed by atoms with van der Waals surface area (Å²) in [6, 6.07) is -1.15. The molecule has 0 aromatic rings. The number of nitrogens with zero attached hydrogens (tertiary/aromatic N) is 1. The van der Waals surface area contributed by atoms with Crippen molar-refractivity contribution in [3.05, 3.63) is 0 Å². The minimum absolute atomic E-state index is 0.377. The lowest BCUT2D eigenvalue weighted by molar-refractivity contribution is -0.141. The third-order valence-corrected chi connectivity index (χ3v) is 4.15. The number of unbranched alkanes of at least 4 members (excludes halogenated alkanes) is 1. The normalized spacial score (nSPS) is 14.8. The van der Waals surface area contributed by atoms with Gasteiger partial charge in [-0.1, -0.05) is 34.1 Å². The van der Waals surface area contributed by atoms with Gasteiger partial charge in [0.05, 0.1) is 0 Å². The molecule has 18 heavy (non-hydrogen) atoms. The number of aliphatic carboxylic acids is 1. The van der Waals surface area contributed by atoms with Crippen LogP contribution in [0.1, 0.15) is 40.5 Å². The molecule has 0 spiro atoms. The molecular weight excluding hydrogens is 256 g/mol. The second-order valence-corrected chi connectivity index (χ2v) is 7.24. The summed E-state index contributed by atoms with van der Waals surface area (Å²) in [5.74, 6) is -1.17. The molecule has 0 saturated heterocycles. The van der Waals surface area contributed by atoms with Crippen LogP contribution >= 0.6 is 0 Å². The van der Waals surface area contributed by atoms with E-state index in [2.05, 4.69) is 4.72 Å². The van der Waals surface area contributed by atoms with E-state index in [0.29, 0.717) is 6.54 Å². The van der Waals surface area contributed by atoms with Crippen LogP contribution in [0.3, 0.4) is 0 Å². The number of carboxylic acid groups (broad SMARTS) is 1. The van der Waals surface area contributed by atoms with Crippen molar-refractivity contribution >= 4 is 16.2 Å². The van der Waals surface area contributed by atoms with Crippen molar-refractivity contribution in [1.29, 1.82) is 0 Å². The first-order valence-electron chi connectivity index (χ1n) is 5.98. The molecule has 0 rings (SSSR count). The minimum atomic E-state index is -3.76. The standard InChI is InChI=1S/C11H24N2O4S/c1-6-7-8-13(5)18(16,17)12-9(10(14)15)11(2,3)4/h9,12H,6-8H2,1-5H3,(H,14,15). The van der Waals surface area contributed by atoms with Crippen LogP contribution in [0.5, 0.6) is 0 Å². The molecule has 6 nitrogen and oxygen atoms in total. The van der Waals surface area contributed by atoms with E-state index >= 15 is 0 Å². The Balaban J connectivity index is 4.88. The third-order valence-electron chi connectivity index (χ3n) is 2.62. The van der Waals surface area contributed by atoms with Crippen molar-refractivity contribution in [2.24, 2.45) is 5.41 Å². The molecule has 0 aromatic carbocycles. The van der Waals surface area contributed by atoms with E-state index in [1.807, 2.05) is 6.92 Å². The quantitative estimate of drug-likeness (QED) is 0.730. The molecule has 0 heterocycles. The highest BCUT2D eigenvalue weighted by Gasteiger charge is 2.35. The van der Waals surface area contributed by atoms with E-state index < -0.39 is 27.6 Å². The Hall–Kier alpha value is -0.660. The van der Waals surface area contributed by atoms with Crippen LogP contribution in [-0.2, 0) is 15.0 Å². The maximum absolute atomic E-state index is 11.9. The van der Waals surface area contributed by atoms with E-state index in [9.17, 15) is 13.2 Å². The van der Waals surface area contributed by atoms with Crippen LogP contribution in [-0.4, -0.2) is 43.4 Å². The Morgan fingerprint density at radius 1 is 1.39 bits per heavy atom. The van der Waals surface area contributed by atoms with Gasteiger partial charge < -0.3 is 5.11 Å². The second kappa shape index (κ2) is 6.49. The average Bonchev–Trinajstić information content (AvgIpc) is 2.20. The lowest BCUT2D eigenvalue weighted by atomic mass is 9.88. The fraction of sp³-hybridized carbons (Fsp3) is 0.909. The van der Waals surface area contributed by atoms with Crippen LogP contribution in [0, 0.1) is 5.41 Å². The van der Waals surface area contributed by atoms with Gasteiger partial charge in [-0.15, -0.1) is 0 Å². The molecule has 0 amide bonds. The second-order valence-electron chi connectivity index (χ2n) is 5.44. The first kappa shape index (κ1) is 17.3. The fourth-order valence-corrected chi connectivity index (χ4v) is 2.64. The zero-order valence-corrected chi connectivity index (χ0v) is 12.5. The number of rotatable bonds is 7. The molecule has 2 N–H and O–H groups in total. The van der Waals surface area contributed by atoms with Crippen LogP contribution in [0.2, 0.25) is 0 Å². The molecule has 0 aromatic heterocycles. The summed E-state index contributed by atoms with van der Waals surface area (Å²) in [7, 11) is -2.31. The van der Waals surface area contributed by atoms with Crippen molar-refractivity contribution in [2.75, 3.05) is 13.6 Å². The van der Waals surface area contributed by atoms with Crippen molar-refractivity contribution in [2.45, 2.75) is 46.6 Å². The van der Waals surface area contributed by atoms with Gasteiger partial charge in [-0.05, 0) is 11.8 Å². The topological polar surface area (TPSA) is 86.7 Å². The molecule has 1 atom stereocenters. The van der Waals surface area contributed by atoms with Gasteiger partial charge >= 0.3 is 5.97 Å². The molecule has 0 bridgehead atoms. The molecule has 0 saturated carbocycles. The highest BCUT2D eigenvalue weighted by Crippen LogP contribution is 2.20. The van der Waals surface area contributed by atoms with Crippen molar-refractivity contribution in [3.8, 4) is 0 Å². The highest BCUT2D eigenvalue weighted by atomic mass is 32.2. The van der Waals surface area contributed by atoms with E-state index in [-0.39, 0.29) is 0 Å². The summed E-state index contributed by atoms with van der Waals surface area (Å²) in [6.45, 7) is 7.38. The van der Waals surface area contributed by atoms with Crippen LogP contribution in [0.4, 0.5) is 0 Å². The van der Waals surface area contributed by atoms with E-state index in [0.717, 1.165) is 17.1 Å². The predicted octanol–water partition coefficient (Wildman–Crippen LogP) is 1.05. The zero-order chi connectivity index (χ0) is 14.6. The van der Waals surface area contributed by atoms with Gasteiger partial charge in [0.1, 0.15) is 6.04 Å². The fourth-order valence-electron chi connectivity index (χ4n) is 1.34. The van der Waals surface area contributed by atoms with Gasteiger partial charge in [-0.25, -0.2) is 0 Å². The molecule has 0 aliphatic carbocycles. The molecule has 0 radical (unpaired) electrons. The van der Waals surface area contributed by atoms with Gasteiger partial charge in [-0.2, -0.15) is 17.4 Å². The Kier molecular flexibility index (Phi) is 6.25. The molecule has 7 heteroatoms. The maximum Gasteiger partial charge on any atom is 0.322 e. The monoisotopic (exact) mass is 280 g/mol. The summed E-state index contributed by atoms with van der Waals surface area (Å²) >= 11 is 0. The Morgan fingerprint density at radius 3 is 2.22 bits per heavy atom. The smallest absolute Gasteiger partial charge is 0.322 e. The Bertz CT molecular complexity index is 373. The van der Waals surface area contributed by atoms with E-state index in [1.165, 1.54) is 7.05 Å². The first-order chi connectivity index (χ1) is 8.02. The molecular formula is C11H24N2O4S. The summed E-state index contributed by atoms with van der Waals surface area (Å²) < 4.78 is 27.3. The summed E-state index contributed by atoms with van der Waals surface area (Å²) in [6.07, 6.45) is 1.62. The molecule has 108 valence electrons. The van der Waals surface area contributed by atoms with Gasteiger partial charge in [-0.3, -0.25) is 4.79 Å². The molecule has 1 unspecified atom stereocenters. The predicted molar refractivity (Wildman–Crippen MR) is 70.5 cm³/mol. The summed E-state index contributed by atoms with van der Waals surface area (Å²) in [5.41, 5.74) is -0.690. The lowest BCUT2D eigenvalue weighted by Gasteiger charge is -2.29. The SMILES string of the molecule is CCCCN(C)S(=O)(=O)NC(C(=O)O)C(C)(C)C. The number of carbonyl (C=O) groups is 1. The van der Waals surface area contributed by atoms with Gasteiger partial charge in [0, 0.05) is 13.6 Å². The first-order valence-corrected chi connectivity index (χ1v) is 7.42. The van der Waals surface area contributed by atoms with Crippen LogP contribution in [0.25, 0.3) is 0 Å². The Labute approximate surface area is 110 Å². The maximum atomic E-state index is 11.9. The third kappa shape index (κ3) is 5.32. The molecule has 0 fully saturated rings. The largest absolute Gasteiger partial charge is 0.480 e. The van der Waals surface area contributed by atoms with Crippen molar-refractivity contribution in [1.82, 2.24) is 9.03 Å². The number of carboxylic acids is 1. The van der Waals surface area contributed by atoms with E-state index in [1.54, 1.807) is 20.8 Å². The zero-order valence-electron chi connectivity index (χ0n) is 11.7. The molecule has 0 aliphatic rings. The van der Waals surface area contributed by atoms with Gasteiger partial charge in [0.2, 0.25) is 0 Å². The van der Waals surface area contributed by atoms with Crippen LogP contribution in [0.15, 0.2) is 0 Å². The number of hydrogen-bond donors (Lipinski definition) is 2. The van der Waals surface area contributed by atoms with Crippen molar-refractivity contribution < 1.29 is 18.3 Å². The minimum Gasteiger partial charge on any atom is -0.480 e. The van der Waals surface area contributed by atoms with Gasteiger partial charge in [0.25, 0.3) is 10.2 Å². The van der Waals surface area contributed by atoms with Gasteiger partial charge in [0.15, 0.2) is 0 Å².